The summed E-state index contributed by atoms with van der Waals surface area (Å²) >= 11 is 0. The van der Waals surface area contributed by atoms with Crippen LogP contribution in [0.1, 0.15) is 16.7 Å². The summed E-state index contributed by atoms with van der Waals surface area (Å²) in [4.78, 5) is 0. The van der Waals surface area contributed by atoms with Crippen molar-refractivity contribution in [1.29, 1.82) is 0 Å². The Bertz CT molecular complexity index is 228. The average molecular weight is 135 g/mol. The maximum absolute atomic E-state index is 8.63. The molecule has 1 heteroatoms. The fraction of sp³-hybridized carbons (Fsp3) is 0.222. The molecule has 10 heavy (non-hydrogen) atoms. The normalized spacial score (nSPS) is 9.90. The zero-order valence-corrected chi connectivity index (χ0v) is 6.26. The van der Waals surface area contributed by atoms with Gasteiger partial charge in [0.1, 0.15) is 6.61 Å². The summed E-state index contributed by atoms with van der Waals surface area (Å²) in [5.41, 5.74) is 3.33. The van der Waals surface area contributed by atoms with Crippen molar-refractivity contribution in [3.63, 3.8) is 0 Å². The zero-order valence-electron chi connectivity index (χ0n) is 6.26. The van der Waals surface area contributed by atoms with Crippen LogP contribution >= 0.6 is 0 Å². The highest BCUT2D eigenvalue weighted by atomic mass is 16.3. The van der Waals surface area contributed by atoms with Crippen molar-refractivity contribution in [2.24, 2.45) is 0 Å². The first kappa shape index (κ1) is 7.29. The maximum atomic E-state index is 8.63. The van der Waals surface area contributed by atoms with Crippen molar-refractivity contribution in [2.45, 2.75) is 13.8 Å². The first-order chi connectivity index (χ1) is 4.74. The van der Waals surface area contributed by atoms with E-state index < -0.39 is 0 Å². The van der Waals surface area contributed by atoms with Crippen LogP contribution in [0.4, 0.5) is 0 Å². The highest BCUT2D eigenvalue weighted by molar-refractivity contribution is 5.32. The number of aliphatic hydroxyl groups excluding tert-OH is 1. The predicted molar refractivity (Wildman–Crippen MR) is 41.3 cm³/mol. The number of hydrogen-bond donors (Lipinski definition) is 1. The quantitative estimate of drug-likeness (QED) is 0.625. The molecular formula is C9H11O. The highest BCUT2D eigenvalue weighted by Crippen LogP contribution is 2.09. The number of rotatable bonds is 1. The van der Waals surface area contributed by atoms with Gasteiger partial charge in [0.05, 0.1) is 0 Å². The van der Waals surface area contributed by atoms with Crippen LogP contribution in [-0.4, -0.2) is 5.11 Å². The molecule has 0 unspecified atom stereocenters. The van der Waals surface area contributed by atoms with Crippen molar-refractivity contribution in [1.82, 2.24) is 0 Å². The van der Waals surface area contributed by atoms with Crippen molar-refractivity contribution in [3.8, 4) is 0 Å². The van der Waals surface area contributed by atoms with Gasteiger partial charge in [-0.1, -0.05) is 18.2 Å². The molecule has 0 fully saturated rings. The van der Waals surface area contributed by atoms with Gasteiger partial charge in [0.25, 0.3) is 0 Å². The fourth-order valence-corrected chi connectivity index (χ4v) is 0.845. The molecule has 0 aromatic heterocycles. The van der Waals surface area contributed by atoms with Gasteiger partial charge in [-0.15, -0.1) is 0 Å². The summed E-state index contributed by atoms with van der Waals surface area (Å²) in [5, 5.41) is 8.63. The maximum Gasteiger partial charge on any atom is 0.109 e. The van der Waals surface area contributed by atoms with E-state index in [1.54, 1.807) is 0 Å². The van der Waals surface area contributed by atoms with Gasteiger partial charge in [-0.05, 0) is 30.5 Å². The summed E-state index contributed by atoms with van der Waals surface area (Å²) in [6.07, 6.45) is 0. The Morgan fingerprint density at radius 3 is 2.40 bits per heavy atom. The summed E-state index contributed by atoms with van der Waals surface area (Å²) in [7, 11) is 0. The van der Waals surface area contributed by atoms with Crippen LogP contribution in [0.15, 0.2) is 18.2 Å². The minimum absolute atomic E-state index is 0.864. The molecule has 0 amide bonds. The molecule has 1 aromatic carbocycles. The van der Waals surface area contributed by atoms with Crippen LogP contribution in [-0.2, 0) is 0 Å². The minimum Gasteiger partial charge on any atom is -0.385 e. The molecule has 1 rings (SSSR count). The minimum atomic E-state index is 0.864. The smallest absolute Gasteiger partial charge is 0.109 e. The predicted octanol–water partition coefficient (Wildman–Crippen LogP) is 2.19. The van der Waals surface area contributed by atoms with Crippen LogP contribution < -0.4 is 0 Å². The number of hydrogen-bond acceptors (Lipinski definition) is 1. The molecule has 53 valence electrons. The molecule has 0 atom stereocenters. The molecule has 0 bridgehead atoms. The molecule has 0 heterocycles. The molecule has 0 aliphatic heterocycles. The molecule has 1 aromatic rings. The third kappa shape index (κ3) is 1.36. The second-order valence-electron chi connectivity index (χ2n) is 2.47. The molecule has 1 radical (unpaired) electrons. The average Bonchev–Trinajstić information content (AvgIpc) is 1.95. The molecule has 1 nitrogen and oxygen atoms in total. The monoisotopic (exact) mass is 135 g/mol. The second kappa shape index (κ2) is 2.84. The van der Waals surface area contributed by atoms with Crippen LogP contribution in [0.5, 0.6) is 0 Å². The van der Waals surface area contributed by atoms with Gasteiger partial charge in [0.2, 0.25) is 0 Å². The van der Waals surface area contributed by atoms with Gasteiger partial charge < -0.3 is 5.11 Å². The van der Waals surface area contributed by atoms with E-state index in [1.807, 2.05) is 25.1 Å². The Kier molecular flexibility index (Phi) is 2.07. The summed E-state index contributed by atoms with van der Waals surface area (Å²) in [6, 6.07) is 5.84. The highest BCUT2D eigenvalue weighted by Gasteiger charge is 1.93. The summed E-state index contributed by atoms with van der Waals surface area (Å²) < 4.78 is 0. The number of benzene rings is 1. The number of aryl methyl sites for hydroxylation is 2. The lowest BCUT2D eigenvalue weighted by Gasteiger charge is -2.00. The lowest BCUT2D eigenvalue weighted by atomic mass is 10.1. The molecule has 0 aliphatic rings. The fourth-order valence-electron chi connectivity index (χ4n) is 0.845. The first-order valence-corrected chi connectivity index (χ1v) is 3.28. The van der Waals surface area contributed by atoms with E-state index in [9.17, 15) is 0 Å². The Hall–Kier alpha value is -0.820. The molecule has 1 N–H and O–H groups in total. The van der Waals surface area contributed by atoms with Crippen LogP contribution in [0.2, 0.25) is 0 Å². The van der Waals surface area contributed by atoms with Gasteiger partial charge in [-0.2, -0.15) is 0 Å². The van der Waals surface area contributed by atoms with Crippen LogP contribution in [0.25, 0.3) is 0 Å². The molecule has 0 aliphatic carbocycles. The van der Waals surface area contributed by atoms with E-state index in [-0.39, 0.29) is 0 Å². The number of aliphatic hydroxyl groups is 1. The molecule has 0 saturated carbocycles. The van der Waals surface area contributed by atoms with Gasteiger partial charge in [-0.25, -0.2) is 0 Å². The Balaban J connectivity index is 3.04. The van der Waals surface area contributed by atoms with E-state index in [2.05, 4.69) is 6.92 Å². The first-order valence-electron chi connectivity index (χ1n) is 3.28. The van der Waals surface area contributed by atoms with Crippen molar-refractivity contribution < 1.29 is 5.11 Å². The molecule has 0 saturated heterocycles. The van der Waals surface area contributed by atoms with Gasteiger partial charge in [-0.3, -0.25) is 0 Å². The summed E-state index contributed by atoms with van der Waals surface area (Å²) in [6.45, 7) is 5.20. The van der Waals surface area contributed by atoms with Crippen molar-refractivity contribution in [2.75, 3.05) is 0 Å². The van der Waals surface area contributed by atoms with E-state index >= 15 is 0 Å². The lowest BCUT2D eigenvalue weighted by molar-refractivity contribution is 0.415. The van der Waals surface area contributed by atoms with Gasteiger partial charge in [0, 0.05) is 0 Å². The Morgan fingerprint density at radius 2 is 1.90 bits per heavy atom. The Morgan fingerprint density at radius 1 is 1.20 bits per heavy atom. The standard InChI is InChI=1S/C9H11O/c1-7-3-4-9(6-10)5-8(7)2/h3-6,10H,1-2H3. The summed E-state index contributed by atoms with van der Waals surface area (Å²) in [5.74, 6) is 0. The van der Waals surface area contributed by atoms with E-state index in [0.29, 0.717) is 0 Å². The second-order valence-corrected chi connectivity index (χ2v) is 2.47. The lowest BCUT2D eigenvalue weighted by Crippen LogP contribution is -1.84. The SMILES string of the molecule is Cc1ccc([CH]O)cc1C. The largest absolute Gasteiger partial charge is 0.385 e. The molecule has 0 spiro atoms. The van der Waals surface area contributed by atoms with E-state index in [1.165, 1.54) is 11.1 Å². The van der Waals surface area contributed by atoms with E-state index in [4.69, 9.17) is 5.11 Å². The Labute approximate surface area is 61.3 Å². The van der Waals surface area contributed by atoms with Crippen molar-refractivity contribution in [3.05, 3.63) is 41.5 Å². The van der Waals surface area contributed by atoms with Crippen LogP contribution in [0, 0.1) is 20.5 Å². The third-order valence-corrected chi connectivity index (χ3v) is 1.68. The van der Waals surface area contributed by atoms with Gasteiger partial charge >= 0.3 is 0 Å². The molecular weight excluding hydrogens is 124 g/mol. The zero-order chi connectivity index (χ0) is 7.56. The third-order valence-electron chi connectivity index (χ3n) is 1.68. The van der Waals surface area contributed by atoms with E-state index in [0.717, 1.165) is 12.2 Å². The topological polar surface area (TPSA) is 20.2 Å². The van der Waals surface area contributed by atoms with Gasteiger partial charge in [0.15, 0.2) is 0 Å². The van der Waals surface area contributed by atoms with Crippen molar-refractivity contribution >= 4 is 0 Å². The van der Waals surface area contributed by atoms with Crippen LogP contribution in [0.3, 0.4) is 0 Å².